The molecule has 0 heterocycles. The quantitative estimate of drug-likeness (QED) is 0.251. The van der Waals surface area contributed by atoms with Crippen LogP contribution in [-0.4, -0.2) is 5.11 Å². The summed E-state index contributed by atoms with van der Waals surface area (Å²) in [6.07, 6.45) is 0. The predicted octanol–water partition coefficient (Wildman–Crippen LogP) is 7.77. The number of phenolic OH excluding ortho intramolecular Hbond substituents is 1. The third-order valence-electron chi connectivity index (χ3n) is 4.19. The van der Waals surface area contributed by atoms with Gasteiger partial charge in [0.15, 0.2) is 0 Å². The van der Waals surface area contributed by atoms with Gasteiger partial charge in [-0.3, -0.25) is 0 Å². The van der Waals surface area contributed by atoms with Crippen LogP contribution >= 0.6 is 0 Å². The van der Waals surface area contributed by atoms with E-state index in [1.807, 2.05) is 92.7 Å². The van der Waals surface area contributed by atoms with Gasteiger partial charge in [0.05, 0.1) is 0 Å². The maximum absolute atomic E-state index is 9.21. The van der Waals surface area contributed by atoms with Crippen molar-refractivity contribution < 1.29 is 31.3 Å². The van der Waals surface area contributed by atoms with Gasteiger partial charge in [-0.1, -0.05) is 44.2 Å². The van der Waals surface area contributed by atoms with E-state index in [1.165, 1.54) is 11.1 Å². The van der Waals surface area contributed by atoms with Crippen LogP contribution in [0.4, 0.5) is 0 Å². The molecule has 0 spiro atoms. The minimum Gasteiger partial charge on any atom is -0.507 e. The summed E-state index contributed by atoms with van der Waals surface area (Å²) in [6, 6.07) is 31.9. The maximum atomic E-state index is 9.21. The molecule has 0 saturated carbocycles. The molecule has 4 aromatic carbocycles. The minimum atomic E-state index is 0. The third-order valence-corrected chi connectivity index (χ3v) is 4.19. The molecule has 4 aromatic rings. The molecule has 0 amide bonds. The molecule has 1 nitrogen and oxygen atoms in total. The van der Waals surface area contributed by atoms with Gasteiger partial charge >= 0.3 is 26.2 Å². The first-order valence-electron chi connectivity index (χ1n) is 9.98. The Morgan fingerprint density at radius 1 is 0.645 bits per heavy atom. The fourth-order valence-electron chi connectivity index (χ4n) is 2.48. The second kappa shape index (κ2) is 16.2. The summed E-state index contributed by atoms with van der Waals surface area (Å²) >= 11 is 0. The van der Waals surface area contributed by atoms with E-state index >= 15 is 0 Å². The summed E-state index contributed by atoms with van der Waals surface area (Å²) in [5, 5.41) is 9.21. The number of rotatable bonds is 0. The zero-order valence-corrected chi connectivity index (χ0v) is 21.6. The standard InChI is InChI=1S/C8H10O.C7H9.2C7H7.Zr/c1-6-4-3-5-7(2)8(6)9;1-6-3-4-7(2)5-6;2*1-7-5-3-2-4-6-7;/h3-5,9H,1-2H3;3-5H,1-2H3;2*2-6H,1H2;/q;3*-1;+3. The summed E-state index contributed by atoms with van der Waals surface area (Å²) in [6.45, 7) is 15.4. The fraction of sp³-hybridized carbons (Fsp3) is 0.138. The van der Waals surface area contributed by atoms with Crippen LogP contribution in [0, 0.1) is 41.5 Å². The first-order chi connectivity index (χ1) is 14.3. The number of benzene rings is 3. The van der Waals surface area contributed by atoms with Gasteiger partial charge < -0.3 is 5.11 Å². The molecule has 4 rings (SSSR count). The molecule has 31 heavy (non-hydrogen) atoms. The summed E-state index contributed by atoms with van der Waals surface area (Å²) < 4.78 is 0. The third kappa shape index (κ3) is 13.4. The molecule has 0 bridgehead atoms. The minimum absolute atomic E-state index is 0. The molecule has 0 aliphatic carbocycles. The van der Waals surface area contributed by atoms with E-state index in [9.17, 15) is 5.11 Å². The molecular weight excluding hydrogens is 456 g/mol. The Balaban J connectivity index is 0.000000385. The summed E-state index contributed by atoms with van der Waals surface area (Å²) in [5.41, 5.74) is 6.74. The molecule has 0 aliphatic rings. The Bertz CT molecular complexity index is 882. The van der Waals surface area contributed by atoms with Crippen LogP contribution in [0.2, 0.25) is 0 Å². The van der Waals surface area contributed by atoms with Crippen LogP contribution in [-0.2, 0) is 26.2 Å². The first-order valence-corrected chi connectivity index (χ1v) is 9.98. The van der Waals surface area contributed by atoms with Gasteiger partial charge in [0.2, 0.25) is 0 Å². The van der Waals surface area contributed by atoms with Gasteiger partial charge in [-0.25, -0.2) is 11.6 Å². The second-order valence-electron chi connectivity index (χ2n) is 7.18. The average Bonchev–Trinajstić information content (AvgIpc) is 3.11. The Labute approximate surface area is 208 Å². The summed E-state index contributed by atoms with van der Waals surface area (Å²) in [4.78, 5) is 0. The smallest absolute Gasteiger partial charge is 0.507 e. The van der Waals surface area contributed by atoms with Gasteiger partial charge in [0.1, 0.15) is 5.75 Å². The molecule has 0 fully saturated rings. The van der Waals surface area contributed by atoms with E-state index in [2.05, 4.69) is 45.9 Å². The largest absolute Gasteiger partial charge is 3.00 e. The van der Waals surface area contributed by atoms with Crippen LogP contribution in [0.25, 0.3) is 0 Å². The van der Waals surface area contributed by atoms with E-state index in [0.29, 0.717) is 5.75 Å². The normalized spacial score (nSPS) is 8.77. The molecule has 0 aliphatic heterocycles. The molecule has 0 aromatic heterocycles. The topological polar surface area (TPSA) is 20.2 Å². The van der Waals surface area contributed by atoms with Crippen molar-refractivity contribution in [3.8, 4) is 5.75 Å². The predicted molar refractivity (Wildman–Crippen MR) is 131 cm³/mol. The molecule has 1 radical (unpaired) electrons. The molecule has 0 atom stereocenters. The van der Waals surface area contributed by atoms with Crippen molar-refractivity contribution in [2.45, 2.75) is 27.7 Å². The van der Waals surface area contributed by atoms with E-state index < -0.39 is 0 Å². The zero-order valence-electron chi connectivity index (χ0n) is 19.1. The number of phenols is 1. The van der Waals surface area contributed by atoms with Crippen LogP contribution in [0.1, 0.15) is 33.4 Å². The molecule has 159 valence electrons. The van der Waals surface area contributed by atoms with Gasteiger partial charge in [0, 0.05) is 0 Å². The van der Waals surface area contributed by atoms with Crippen molar-refractivity contribution in [1.29, 1.82) is 0 Å². The Morgan fingerprint density at radius 2 is 1.06 bits per heavy atom. The van der Waals surface area contributed by atoms with Crippen LogP contribution in [0.5, 0.6) is 5.75 Å². The Hall–Kier alpha value is -2.57. The molecular formula is C29H33OZr. The van der Waals surface area contributed by atoms with Crippen molar-refractivity contribution in [1.82, 2.24) is 0 Å². The molecule has 1 N–H and O–H groups in total. The van der Waals surface area contributed by atoms with Gasteiger partial charge in [-0.2, -0.15) is 66.9 Å². The van der Waals surface area contributed by atoms with Crippen LogP contribution in [0.15, 0.2) is 97.1 Å². The Kier molecular flexibility index (Phi) is 14.8. The molecule has 0 unspecified atom stereocenters. The summed E-state index contributed by atoms with van der Waals surface area (Å²) in [7, 11) is 0. The number of aryl methyl sites for hydroxylation is 4. The number of hydrogen-bond acceptors (Lipinski definition) is 1. The average molecular weight is 489 g/mol. The van der Waals surface area contributed by atoms with Gasteiger partial charge in [-0.15, -0.1) is 24.3 Å². The second-order valence-corrected chi connectivity index (χ2v) is 7.18. The zero-order chi connectivity index (χ0) is 22.4. The molecule has 0 saturated heterocycles. The summed E-state index contributed by atoms with van der Waals surface area (Å²) in [5.74, 6) is 0.414. The van der Waals surface area contributed by atoms with Crippen molar-refractivity contribution in [3.63, 3.8) is 0 Å². The van der Waals surface area contributed by atoms with Gasteiger partial charge in [0.25, 0.3) is 0 Å². The monoisotopic (exact) mass is 487 g/mol. The van der Waals surface area contributed by atoms with Gasteiger partial charge in [-0.05, 0) is 25.0 Å². The first kappa shape index (κ1) is 28.4. The molecule has 2 heteroatoms. The number of hydrogen-bond donors (Lipinski definition) is 1. The number of para-hydroxylation sites is 1. The van der Waals surface area contributed by atoms with Crippen LogP contribution < -0.4 is 0 Å². The Morgan fingerprint density at radius 3 is 1.26 bits per heavy atom. The van der Waals surface area contributed by atoms with Crippen molar-refractivity contribution in [2.75, 3.05) is 0 Å². The van der Waals surface area contributed by atoms with E-state index in [-0.39, 0.29) is 26.2 Å². The number of aromatic hydroxyl groups is 1. The van der Waals surface area contributed by atoms with Crippen molar-refractivity contribution in [3.05, 3.63) is 144 Å². The van der Waals surface area contributed by atoms with Crippen molar-refractivity contribution in [2.24, 2.45) is 0 Å². The van der Waals surface area contributed by atoms with Crippen LogP contribution in [0.3, 0.4) is 0 Å². The fourth-order valence-corrected chi connectivity index (χ4v) is 2.48. The maximum Gasteiger partial charge on any atom is 3.00 e. The van der Waals surface area contributed by atoms with E-state index in [4.69, 9.17) is 0 Å². The van der Waals surface area contributed by atoms with E-state index in [0.717, 1.165) is 22.3 Å². The van der Waals surface area contributed by atoms with Crippen molar-refractivity contribution >= 4 is 0 Å². The SMILES string of the molecule is Cc1cc[c-](C)c1.Cc1cccc(C)c1O.[CH2-]c1ccccc1.[CH2-]c1ccccc1.[Zr+3]. The van der Waals surface area contributed by atoms with E-state index in [1.54, 1.807) is 0 Å².